The number of halogens is 12. The smallest absolute Gasteiger partial charge is 0.417 e. The molecule has 4 fully saturated rings. The quantitative estimate of drug-likeness (QED) is 0.0315. The summed E-state index contributed by atoms with van der Waals surface area (Å²) in [6.07, 6.45) is 2.33. The van der Waals surface area contributed by atoms with Crippen LogP contribution in [-0.4, -0.2) is 271 Å². The van der Waals surface area contributed by atoms with Gasteiger partial charge < -0.3 is 101 Å². The summed E-state index contributed by atoms with van der Waals surface area (Å²) in [5, 5.41) is 108. The number of nitrogens with one attached hydrogen (secondary N) is 4. The number of aliphatic hydroxyl groups is 8. The molecule has 48 heteroatoms. The molecule has 8 aliphatic heterocycles. The van der Waals surface area contributed by atoms with Crippen LogP contribution < -0.4 is 59.8 Å². The van der Waals surface area contributed by atoms with Crippen molar-refractivity contribution in [3.8, 4) is 23.0 Å². The Kier molecular flexibility index (Phi) is 28.5. The van der Waals surface area contributed by atoms with E-state index in [1.165, 1.54) is 42.8 Å². The molecule has 4 amide bonds. The van der Waals surface area contributed by atoms with Crippen LogP contribution in [-0.2, 0) is 25.7 Å². The van der Waals surface area contributed by atoms with E-state index in [0.717, 1.165) is 49.9 Å². The number of carbonyl (C=O) groups excluding carboxylic acids is 4. The first-order valence-electron chi connectivity index (χ1n) is 48.1. The Balaban J connectivity index is 0.000000135. The number of aliphatic hydroxyl groups excluding tert-OH is 4. The van der Waals surface area contributed by atoms with Gasteiger partial charge in [0.2, 0.25) is 0 Å². The zero-order valence-corrected chi connectivity index (χ0v) is 81.7. The van der Waals surface area contributed by atoms with E-state index in [2.05, 4.69) is 61.6 Å². The average Bonchev–Trinajstić information content (AvgIpc) is 1.66. The molecular formula is C100H112F12N20O16. The van der Waals surface area contributed by atoms with Crippen LogP contribution in [0.2, 0.25) is 0 Å². The lowest BCUT2D eigenvalue weighted by Gasteiger charge is -2.41. The zero-order chi connectivity index (χ0) is 106. The third kappa shape index (κ3) is 21.0. The second-order valence-corrected chi connectivity index (χ2v) is 40.7. The van der Waals surface area contributed by atoms with Crippen molar-refractivity contribution >= 4 is 91.7 Å². The molecule has 8 aromatic heterocycles. The SMILES string of the molecule is C[C@@]1(CO)Cc2cc(NC(=O)c3cnn4cccnc34)c(N3CCC([C@@](C)(O)C(F)(F)F)CC3)cc2O1.C[C@@]1(CO)Cc2cc(NC(=O)c3cnn4cccnc34)c(N3CCC([C@](C)(O)C(F)(F)F)CC3)cc2O1.C[C@]1(CO)Cc2cc(NC(=O)c3cnn4cccnc34)c(N3CCC([C@@](C)(O)C(F)(F)F)CC3)cc2O1.C[C@]1(CO)Cc2cc(NC(=O)c3cnn4cccnc34)c(N3CCC([C@](C)(O)C(F)(F)F)CC3)cc2O1. The van der Waals surface area contributed by atoms with Crippen LogP contribution in [0, 0.1) is 23.7 Å². The number of hydrogen-bond donors (Lipinski definition) is 12. The number of alkyl halides is 12. The van der Waals surface area contributed by atoms with E-state index in [-0.39, 0.29) is 152 Å². The van der Waals surface area contributed by atoms with Crippen molar-refractivity contribution in [2.45, 2.75) is 202 Å². The highest BCUT2D eigenvalue weighted by molar-refractivity contribution is 6.12. The number of carbonyl (C=O) groups is 4. The summed E-state index contributed by atoms with van der Waals surface area (Å²) in [6.45, 7) is 11.5. The van der Waals surface area contributed by atoms with E-state index in [0.29, 0.717) is 117 Å². The number of aromatic nitrogens is 12. The Bertz CT molecular complexity index is 6150. The molecule has 0 aliphatic carbocycles. The van der Waals surface area contributed by atoms with Crippen LogP contribution in [0.3, 0.4) is 0 Å². The van der Waals surface area contributed by atoms with Gasteiger partial charge in [0.25, 0.3) is 23.6 Å². The standard InChI is InChI=1S/4C25H28F3N5O4/c4*1-23(14-34)12-15-10-18(31-22(35)17-13-30-33-7-3-6-29-21(17)33)19(11-20(15)37-23)32-8-4-16(5-9-32)24(2,36)25(26,27)28/h4*3,6-7,10-11,13,16,34,36H,4-5,8-9,12,14H2,1-2H3,(H,31,35)/t2*23-,24+;2*23-,24-/m1010/s1. The molecule has 0 radical (unpaired) electrons. The monoisotopic (exact) mass is 2080 g/mol. The minimum absolute atomic E-state index is 0.115. The van der Waals surface area contributed by atoms with Crippen LogP contribution in [0.4, 0.5) is 98.2 Å². The zero-order valence-electron chi connectivity index (χ0n) is 81.7. The number of ether oxygens (including phenoxy) is 4. The van der Waals surface area contributed by atoms with Crippen LogP contribution >= 0.6 is 0 Å². The number of benzene rings is 4. The second-order valence-electron chi connectivity index (χ2n) is 40.7. The predicted octanol–water partition coefficient (Wildman–Crippen LogP) is 12.8. The van der Waals surface area contributed by atoms with Crippen LogP contribution in [0.25, 0.3) is 22.6 Å². The molecule has 0 saturated carbocycles. The molecule has 12 N–H and O–H groups in total. The van der Waals surface area contributed by atoms with Gasteiger partial charge in [-0.15, -0.1) is 0 Å². The van der Waals surface area contributed by atoms with Gasteiger partial charge in [-0.05, 0) is 179 Å². The van der Waals surface area contributed by atoms with Crippen molar-refractivity contribution in [3.63, 3.8) is 0 Å². The second kappa shape index (κ2) is 39.8. The topological polar surface area (TPSA) is 449 Å². The normalized spacial score (nSPS) is 22.0. The molecule has 148 heavy (non-hydrogen) atoms. The summed E-state index contributed by atoms with van der Waals surface area (Å²) in [4.78, 5) is 77.4. The number of anilines is 8. The van der Waals surface area contributed by atoms with Gasteiger partial charge in [-0.2, -0.15) is 73.1 Å². The number of hydrogen-bond acceptors (Lipinski definition) is 28. The minimum Gasteiger partial charge on any atom is -0.484 e. The third-order valence-corrected chi connectivity index (χ3v) is 29.6. The highest BCUT2D eigenvalue weighted by Gasteiger charge is 2.59. The minimum atomic E-state index is -4.72. The van der Waals surface area contributed by atoms with Crippen LogP contribution in [0.5, 0.6) is 23.0 Å². The molecule has 0 bridgehead atoms. The summed E-state index contributed by atoms with van der Waals surface area (Å²) >= 11 is 0. The lowest BCUT2D eigenvalue weighted by molar-refractivity contribution is -0.274. The third-order valence-electron chi connectivity index (χ3n) is 29.6. The van der Waals surface area contributed by atoms with Gasteiger partial charge in [0.05, 0.1) is 96.7 Å². The highest BCUT2D eigenvalue weighted by Crippen LogP contribution is 2.53. The largest absolute Gasteiger partial charge is 0.484 e. The van der Waals surface area contributed by atoms with E-state index in [4.69, 9.17) is 18.9 Å². The Morgan fingerprint density at radius 3 is 0.676 bits per heavy atom. The van der Waals surface area contributed by atoms with Gasteiger partial charge in [0.15, 0.2) is 45.0 Å². The molecule has 8 atom stereocenters. The average molecular weight is 2080 g/mol. The first-order chi connectivity index (χ1) is 69.7. The number of rotatable bonds is 20. The molecule has 0 unspecified atom stereocenters. The van der Waals surface area contributed by atoms with E-state index in [9.17, 15) is 113 Å². The van der Waals surface area contributed by atoms with Gasteiger partial charge in [-0.25, -0.2) is 38.0 Å². The van der Waals surface area contributed by atoms with E-state index >= 15 is 0 Å². The summed E-state index contributed by atoms with van der Waals surface area (Å²) < 4.78 is 191. The highest BCUT2D eigenvalue weighted by atomic mass is 19.4. The van der Waals surface area contributed by atoms with Gasteiger partial charge >= 0.3 is 24.7 Å². The number of piperidine rings is 4. The number of amides is 4. The van der Waals surface area contributed by atoms with Crippen LogP contribution in [0.1, 0.15) is 170 Å². The van der Waals surface area contributed by atoms with Gasteiger partial charge in [0, 0.05) is 174 Å². The maximum atomic E-state index is 13.4. The molecule has 792 valence electrons. The maximum absolute atomic E-state index is 13.4. The van der Waals surface area contributed by atoms with Gasteiger partial charge in [0.1, 0.15) is 67.7 Å². The van der Waals surface area contributed by atoms with Crippen molar-refractivity contribution in [2.24, 2.45) is 23.7 Å². The summed E-state index contributed by atoms with van der Waals surface area (Å²) in [5.74, 6) is -3.35. The van der Waals surface area contributed by atoms with Crippen molar-refractivity contribution in [1.82, 2.24) is 58.4 Å². The number of nitrogens with zero attached hydrogens (tertiary/aromatic N) is 16. The Hall–Kier alpha value is -13.5. The van der Waals surface area contributed by atoms with Crippen molar-refractivity contribution in [2.75, 3.05) is 120 Å². The molecule has 8 aliphatic rings. The molecule has 4 saturated heterocycles. The fourth-order valence-corrected chi connectivity index (χ4v) is 20.4. The molecule has 16 heterocycles. The maximum Gasteiger partial charge on any atom is 0.417 e. The van der Waals surface area contributed by atoms with Crippen molar-refractivity contribution in [1.29, 1.82) is 0 Å². The van der Waals surface area contributed by atoms with Crippen molar-refractivity contribution < 1.29 is 132 Å². The fourth-order valence-electron chi connectivity index (χ4n) is 20.4. The summed E-state index contributed by atoms with van der Waals surface area (Å²) in [5.41, 5.74) is -4.39. The summed E-state index contributed by atoms with van der Waals surface area (Å²) in [7, 11) is 0. The van der Waals surface area contributed by atoms with E-state index in [1.807, 2.05) is 19.6 Å². The first-order valence-corrected chi connectivity index (χ1v) is 48.1. The fraction of sp³-hybridized carbons (Fsp3) is 0.480. The van der Waals surface area contributed by atoms with E-state index in [1.54, 1.807) is 150 Å². The Labute approximate surface area is 838 Å². The predicted molar refractivity (Wildman–Crippen MR) is 515 cm³/mol. The number of fused-ring (bicyclic) bond motifs is 8. The molecule has 0 spiro atoms. The molecular weight excluding hydrogens is 1970 g/mol. The molecule has 12 aromatic rings. The van der Waals surface area contributed by atoms with Gasteiger partial charge in [-0.3, -0.25) is 19.2 Å². The van der Waals surface area contributed by atoms with Gasteiger partial charge in [-0.1, -0.05) is 0 Å². The Morgan fingerprint density at radius 2 is 0.507 bits per heavy atom. The lowest BCUT2D eigenvalue weighted by atomic mass is 9.81. The molecule has 4 aromatic carbocycles. The first kappa shape index (κ1) is 106. The molecule has 20 rings (SSSR count). The lowest BCUT2D eigenvalue weighted by Crippen LogP contribution is -2.52. The van der Waals surface area contributed by atoms with Crippen LogP contribution in [0.15, 0.2) is 147 Å². The molecule has 36 nitrogen and oxygen atoms in total. The summed E-state index contributed by atoms with van der Waals surface area (Å²) in [6, 6.07) is 20.9. The van der Waals surface area contributed by atoms with E-state index < -0.39 is 117 Å². The Morgan fingerprint density at radius 1 is 0.324 bits per heavy atom. The van der Waals surface area contributed by atoms with Crippen molar-refractivity contribution in [3.05, 3.63) is 192 Å².